The number of aromatic nitrogens is 1. The van der Waals surface area contributed by atoms with Crippen LogP contribution in [0.4, 0.5) is 24.5 Å². The summed E-state index contributed by atoms with van der Waals surface area (Å²) in [5, 5.41) is 7.75. The van der Waals surface area contributed by atoms with E-state index in [-0.39, 0.29) is 10.7 Å². The number of carbonyl (C=O) groups is 3. The lowest BCUT2D eigenvalue weighted by Crippen LogP contribution is -2.30. The molecule has 256 valence electrons. The van der Waals surface area contributed by atoms with Crippen molar-refractivity contribution in [2.24, 2.45) is 0 Å². The molecule has 0 aliphatic carbocycles. The molecular formula is C39H28ClF3N4O3S. The van der Waals surface area contributed by atoms with E-state index < -0.39 is 40.4 Å². The predicted molar refractivity (Wildman–Crippen MR) is 195 cm³/mol. The van der Waals surface area contributed by atoms with Crippen molar-refractivity contribution in [2.75, 3.05) is 10.6 Å². The van der Waals surface area contributed by atoms with Crippen LogP contribution in [0.5, 0.6) is 0 Å². The minimum Gasteiger partial charge on any atom is -0.361 e. The van der Waals surface area contributed by atoms with Gasteiger partial charge in [-0.3, -0.25) is 14.4 Å². The Bertz CT molecular complexity index is 2240. The van der Waals surface area contributed by atoms with E-state index in [1.165, 1.54) is 6.07 Å². The Labute approximate surface area is 299 Å². The Kier molecular flexibility index (Phi) is 10.6. The van der Waals surface area contributed by atoms with Gasteiger partial charge in [-0.15, -0.1) is 11.8 Å². The normalized spacial score (nSPS) is 12.3. The van der Waals surface area contributed by atoms with Gasteiger partial charge in [0, 0.05) is 43.8 Å². The number of para-hydroxylation sites is 1. The van der Waals surface area contributed by atoms with Crippen molar-refractivity contribution in [1.82, 2.24) is 10.3 Å². The molecule has 0 saturated heterocycles. The monoisotopic (exact) mass is 724 g/mol. The highest BCUT2D eigenvalue weighted by Crippen LogP contribution is 2.40. The van der Waals surface area contributed by atoms with Crippen molar-refractivity contribution in [3.8, 4) is 0 Å². The standard InChI is InChI=1S/C39H28ClF3N4O3S/c40-27-18-19-33(31(21-27)39(41,42)43)46-38(50)35(24-10-3-1-4-11-24)51-29-15-9-14-28(22-29)45-37(49)34(47-36(48)25-12-5-2-6-13-25)20-26-23-44-32-17-8-7-16-30(26)32/h1-23,35,44H,(H,45,49)(H,46,50)(H,47,48)/b34-20-. The predicted octanol–water partition coefficient (Wildman–Crippen LogP) is 9.72. The van der Waals surface area contributed by atoms with Crippen LogP contribution < -0.4 is 16.0 Å². The molecular weight excluding hydrogens is 697 g/mol. The van der Waals surface area contributed by atoms with E-state index in [9.17, 15) is 27.6 Å². The van der Waals surface area contributed by atoms with Crippen LogP contribution in [0.2, 0.25) is 5.02 Å². The molecule has 6 aromatic rings. The van der Waals surface area contributed by atoms with Gasteiger partial charge in [0.2, 0.25) is 5.91 Å². The first-order chi connectivity index (χ1) is 24.5. The number of alkyl halides is 3. The van der Waals surface area contributed by atoms with Crippen molar-refractivity contribution in [2.45, 2.75) is 16.3 Å². The third-order valence-electron chi connectivity index (χ3n) is 7.68. The molecule has 1 aromatic heterocycles. The Balaban J connectivity index is 1.27. The lowest BCUT2D eigenvalue weighted by molar-refractivity contribution is -0.137. The molecule has 0 aliphatic rings. The second kappa shape index (κ2) is 15.4. The fraction of sp³-hybridized carbons (Fsp3) is 0.0513. The van der Waals surface area contributed by atoms with E-state index in [2.05, 4.69) is 20.9 Å². The first kappa shape index (κ1) is 35.1. The maximum absolute atomic E-state index is 13.8. The molecule has 0 aliphatic heterocycles. The number of fused-ring (bicyclic) bond motifs is 1. The number of rotatable bonds is 10. The molecule has 5 aromatic carbocycles. The highest BCUT2D eigenvalue weighted by molar-refractivity contribution is 8.00. The maximum Gasteiger partial charge on any atom is 0.418 e. The second-order valence-electron chi connectivity index (χ2n) is 11.2. The second-order valence-corrected chi connectivity index (χ2v) is 12.9. The summed E-state index contributed by atoms with van der Waals surface area (Å²) in [6.07, 6.45) is -1.44. The highest BCUT2D eigenvalue weighted by Gasteiger charge is 2.35. The molecule has 1 unspecified atom stereocenters. The quantitative estimate of drug-likeness (QED) is 0.0835. The summed E-state index contributed by atoms with van der Waals surface area (Å²) in [6.45, 7) is 0. The third-order valence-corrected chi connectivity index (χ3v) is 9.16. The lowest BCUT2D eigenvalue weighted by Gasteiger charge is -2.20. The van der Waals surface area contributed by atoms with Crippen LogP contribution >= 0.6 is 23.4 Å². The SMILES string of the molecule is O=C(Nc1cccc(SC(C(=O)Nc2ccc(Cl)cc2C(F)(F)F)c2ccccc2)c1)/C(=C/c1c[nH]c2ccccc12)NC(=O)c1ccccc1. The summed E-state index contributed by atoms with van der Waals surface area (Å²) < 4.78 is 41.4. The Morgan fingerprint density at radius 1 is 0.784 bits per heavy atom. The average molecular weight is 725 g/mol. The fourth-order valence-electron chi connectivity index (χ4n) is 5.25. The van der Waals surface area contributed by atoms with E-state index in [1.807, 2.05) is 24.3 Å². The molecule has 1 heterocycles. The summed E-state index contributed by atoms with van der Waals surface area (Å²) >= 11 is 6.92. The Morgan fingerprint density at radius 3 is 2.24 bits per heavy atom. The number of halogens is 4. The minimum absolute atomic E-state index is 0.0170. The number of carbonyl (C=O) groups excluding carboxylic acids is 3. The number of hydrogen-bond acceptors (Lipinski definition) is 4. The van der Waals surface area contributed by atoms with Gasteiger partial charge in [0.25, 0.3) is 11.8 Å². The minimum atomic E-state index is -4.75. The van der Waals surface area contributed by atoms with Crippen LogP contribution in [0.15, 0.2) is 144 Å². The Morgan fingerprint density at radius 2 is 1.49 bits per heavy atom. The van der Waals surface area contributed by atoms with E-state index >= 15 is 0 Å². The Hall–Kier alpha value is -5.78. The van der Waals surface area contributed by atoms with Crippen LogP contribution in [0, 0.1) is 0 Å². The zero-order valence-corrected chi connectivity index (χ0v) is 28.1. The molecule has 3 amide bonds. The molecule has 1 atom stereocenters. The summed E-state index contributed by atoms with van der Waals surface area (Å²) in [7, 11) is 0. The number of hydrogen-bond donors (Lipinski definition) is 4. The molecule has 6 rings (SSSR count). The van der Waals surface area contributed by atoms with Gasteiger partial charge in [0.1, 0.15) is 10.9 Å². The van der Waals surface area contributed by atoms with Gasteiger partial charge in [-0.25, -0.2) is 0 Å². The summed E-state index contributed by atoms with van der Waals surface area (Å²) in [4.78, 5) is 44.3. The summed E-state index contributed by atoms with van der Waals surface area (Å²) in [6, 6.07) is 34.4. The number of benzene rings is 5. The van der Waals surface area contributed by atoms with Crippen molar-refractivity contribution in [3.05, 3.63) is 167 Å². The first-order valence-corrected chi connectivity index (χ1v) is 16.8. The van der Waals surface area contributed by atoms with Crippen LogP contribution in [-0.2, 0) is 15.8 Å². The largest absolute Gasteiger partial charge is 0.418 e. The first-order valence-electron chi connectivity index (χ1n) is 15.5. The van der Waals surface area contributed by atoms with Crippen molar-refractivity contribution in [1.29, 1.82) is 0 Å². The zero-order valence-electron chi connectivity index (χ0n) is 26.5. The molecule has 7 nitrogen and oxygen atoms in total. The third kappa shape index (κ3) is 8.69. The van der Waals surface area contributed by atoms with Gasteiger partial charge in [-0.2, -0.15) is 13.2 Å². The van der Waals surface area contributed by atoms with Gasteiger partial charge < -0.3 is 20.9 Å². The smallest absolute Gasteiger partial charge is 0.361 e. The van der Waals surface area contributed by atoms with E-state index in [0.29, 0.717) is 27.3 Å². The molecule has 0 radical (unpaired) electrons. The summed E-state index contributed by atoms with van der Waals surface area (Å²) in [5.74, 6) is -1.78. The average Bonchev–Trinajstić information content (AvgIpc) is 3.54. The molecule has 0 saturated carbocycles. The van der Waals surface area contributed by atoms with Gasteiger partial charge >= 0.3 is 6.18 Å². The molecule has 0 fully saturated rings. The van der Waals surface area contributed by atoms with Gasteiger partial charge in [0.15, 0.2) is 0 Å². The molecule has 4 N–H and O–H groups in total. The number of thioether (sulfide) groups is 1. The molecule has 12 heteroatoms. The zero-order chi connectivity index (χ0) is 36.0. The van der Waals surface area contributed by atoms with Gasteiger partial charge in [-0.05, 0) is 66.2 Å². The van der Waals surface area contributed by atoms with Crippen molar-refractivity contribution in [3.63, 3.8) is 0 Å². The van der Waals surface area contributed by atoms with Crippen molar-refractivity contribution >= 4 is 69.4 Å². The highest BCUT2D eigenvalue weighted by atomic mass is 35.5. The fourth-order valence-corrected chi connectivity index (χ4v) is 6.51. The van der Waals surface area contributed by atoms with Crippen molar-refractivity contribution < 1.29 is 27.6 Å². The van der Waals surface area contributed by atoms with Gasteiger partial charge in [-0.1, -0.05) is 84.4 Å². The van der Waals surface area contributed by atoms with Crippen LogP contribution in [0.25, 0.3) is 17.0 Å². The van der Waals surface area contributed by atoms with E-state index in [4.69, 9.17) is 11.6 Å². The molecule has 0 spiro atoms. The van der Waals surface area contributed by atoms with Crippen LogP contribution in [0.1, 0.15) is 32.3 Å². The van der Waals surface area contributed by atoms with Gasteiger partial charge in [0.05, 0.1) is 11.3 Å². The van der Waals surface area contributed by atoms with E-state index in [0.717, 1.165) is 34.8 Å². The number of nitrogens with one attached hydrogen (secondary N) is 4. The maximum atomic E-state index is 13.8. The molecule has 0 bridgehead atoms. The number of aromatic amines is 1. The summed E-state index contributed by atoms with van der Waals surface area (Å²) in [5.41, 5.74) is 1.28. The topological polar surface area (TPSA) is 103 Å². The van der Waals surface area contributed by atoms with Crippen LogP contribution in [0.3, 0.4) is 0 Å². The lowest BCUT2D eigenvalue weighted by atomic mass is 10.1. The number of H-pyrrole nitrogens is 1. The van der Waals surface area contributed by atoms with Crippen LogP contribution in [-0.4, -0.2) is 22.7 Å². The number of anilines is 2. The number of amides is 3. The van der Waals surface area contributed by atoms with E-state index in [1.54, 1.807) is 97.2 Å². The molecule has 51 heavy (non-hydrogen) atoms.